The Hall–Kier alpha value is -0.530. The average Bonchev–Trinajstić information content (AvgIpc) is 2.07. The third kappa shape index (κ3) is 3.40. The van der Waals surface area contributed by atoms with E-state index in [0.29, 0.717) is 6.61 Å². The maximum Gasteiger partial charge on any atom is 0.236 e. The Bertz CT molecular complexity index is 186. The summed E-state index contributed by atoms with van der Waals surface area (Å²) in [5.74, 6) is 0. The molecule has 0 atom stereocenters. The van der Waals surface area contributed by atoms with Gasteiger partial charge in [-0.1, -0.05) is 41.9 Å². The first kappa shape index (κ1) is 8.57. The molecular weight excluding hydrogens is 160 g/mol. The standard InChI is InChI=1S/C9H9ClO/c10-8-11-7-6-9-4-2-1-3-5-9/h1-5H,6-7H2. The number of rotatable bonds is 4. The molecule has 0 N–H and O–H groups in total. The first-order valence-corrected chi connectivity index (χ1v) is 3.82. The number of ether oxygens (including phenoxy) is 1. The van der Waals surface area contributed by atoms with Crippen molar-refractivity contribution in [2.45, 2.75) is 6.42 Å². The lowest BCUT2D eigenvalue weighted by Crippen LogP contribution is -1.93. The second kappa shape index (κ2) is 5.16. The molecule has 0 saturated carbocycles. The van der Waals surface area contributed by atoms with Crippen molar-refractivity contribution in [3.8, 4) is 0 Å². The highest BCUT2D eigenvalue weighted by atomic mass is 35.5. The molecule has 58 valence electrons. The van der Waals surface area contributed by atoms with Crippen LogP contribution in [0.3, 0.4) is 0 Å². The molecule has 1 nitrogen and oxygen atoms in total. The summed E-state index contributed by atoms with van der Waals surface area (Å²) in [5, 5.41) is 0. The Morgan fingerprint density at radius 2 is 2.00 bits per heavy atom. The Kier molecular flexibility index (Phi) is 4.02. The summed E-state index contributed by atoms with van der Waals surface area (Å²) in [6.07, 6.45) is 0.876. The molecule has 1 aromatic rings. The lowest BCUT2D eigenvalue weighted by molar-refractivity contribution is 0.232. The summed E-state index contributed by atoms with van der Waals surface area (Å²) >= 11 is 5.10. The van der Waals surface area contributed by atoms with Crippen molar-refractivity contribution in [1.29, 1.82) is 0 Å². The van der Waals surface area contributed by atoms with Crippen LogP contribution < -0.4 is 0 Å². The number of benzene rings is 1. The Morgan fingerprint density at radius 3 is 2.64 bits per heavy atom. The summed E-state index contributed by atoms with van der Waals surface area (Å²) in [5.41, 5.74) is 1.25. The molecule has 0 fully saturated rings. The number of hydrogen-bond acceptors (Lipinski definition) is 1. The van der Waals surface area contributed by atoms with Crippen molar-refractivity contribution in [3.63, 3.8) is 0 Å². The van der Waals surface area contributed by atoms with E-state index in [0.717, 1.165) is 6.42 Å². The van der Waals surface area contributed by atoms with Gasteiger partial charge in [0.15, 0.2) is 0 Å². The molecule has 0 saturated heterocycles. The van der Waals surface area contributed by atoms with Gasteiger partial charge in [-0.05, 0) is 12.0 Å². The van der Waals surface area contributed by atoms with Crippen molar-refractivity contribution < 1.29 is 4.74 Å². The molecule has 0 bridgehead atoms. The minimum absolute atomic E-state index is 0.591. The predicted octanol–water partition coefficient (Wildman–Crippen LogP) is 2.48. The first-order chi connectivity index (χ1) is 5.43. The van der Waals surface area contributed by atoms with Gasteiger partial charge in [-0.25, -0.2) is 0 Å². The van der Waals surface area contributed by atoms with Crippen molar-refractivity contribution in [2.24, 2.45) is 0 Å². The minimum Gasteiger partial charge on any atom is -0.351 e. The van der Waals surface area contributed by atoms with Crippen LogP contribution in [0.2, 0.25) is 0 Å². The maximum absolute atomic E-state index is 5.10. The predicted molar refractivity (Wildman–Crippen MR) is 45.2 cm³/mol. The van der Waals surface area contributed by atoms with Gasteiger partial charge in [-0.3, -0.25) is 0 Å². The van der Waals surface area contributed by atoms with E-state index in [4.69, 9.17) is 16.3 Å². The van der Waals surface area contributed by atoms with Gasteiger partial charge in [0.25, 0.3) is 0 Å². The van der Waals surface area contributed by atoms with Gasteiger partial charge in [-0.2, -0.15) is 0 Å². The molecule has 2 heteroatoms. The molecule has 0 aliphatic rings. The topological polar surface area (TPSA) is 9.23 Å². The molecule has 0 amide bonds. The van der Waals surface area contributed by atoms with Crippen LogP contribution in [0.1, 0.15) is 5.56 Å². The first-order valence-electron chi connectivity index (χ1n) is 3.45. The molecule has 1 aromatic carbocycles. The fourth-order valence-corrected chi connectivity index (χ4v) is 0.929. The smallest absolute Gasteiger partial charge is 0.236 e. The molecule has 0 heterocycles. The van der Waals surface area contributed by atoms with Gasteiger partial charge in [-0.15, -0.1) is 0 Å². The number of halogens is 1. The summed E-state index contributed by atoms with van der Waals surface area (Å²) in [4.78, 5) is 0. The fraction of sp³-hybridized carbons (Fsp3) is 0.222. The van der Waals surface area contributed by atoms with E-state index >= 15 is 0 Å². The van der Waals surface area contributed by atoms with Crippen LogP contribution in [0.4, 0.5) is 0 Å². The highest BCUT2D eigenvalue weighted by Crippen LogP contribution is 2.00. The van der Waals surface area contributed by atoms with E-state index in [-0.39, 0.29) is 0 Å². The van der Waals surface area contributed by atoms with Crippen LogP contribution in [0, 0.1) is 6.07 Å². The van der Waals surface area contributed by atoms with Crippen LogP contribution in [0.15, 0.2) is 30.3 Å². The van der Waals surface area contributed by atoms with Crippen LogP contribution in [0.5, 0.6) is 0 Å². The van der Waals surface area contributed by atoms with Crippen LogP contribution >= 0.6 is 11.6 Å². The summed E-state index contributed by atoms with van der Waals surface area (Å²) < 4.78 is 4.75. The lowest BCUT2D eigenvalue weighted by atomic mass is 10.2. The highest BCUT2D eigenvalue weighted by Gasteiger charge is 1.90. The van der Waals surface area contributed by atoms with Crippen molar-refractivity contribution in [1.82, 2.24) is 0 Å². The maximum atomic E-state index is 5.10. The quantitative estimate of drug-likeness (QED) is 0.628. The summed E-state index contributed by atoms with van der Waals surface area (Å²) in [6.45, 7) is 0.591. The monoisotopic (exact) mass is 168 g/mol. The Morgan fingerprint density at radius 1 is 1.27 bits per heavy atom. The van der Waals surface area contributed by atoms with E-state index in [9.17, 15) is 0 Å². The van der Waals surface area contributed by atoms with Gasteiger partial charge >= 0.3 is 0 Å². The SMILES string of the molecule is Cl[C]OCCc1ccccc1. The highest BCUT2D eigenvalue weighted by molar-refractivity contribution is 6.22. The van der Waals surface area contributed by atoms with Crippen LogP contribution in [-0.2, 0) is 11.2 Å². The zero-order chi connectivity index (χ0) is 7.94. The third-order valence-electron chi connectivity index (χ3n) is 1.39. The third-order valence-corrected chi connectivity index (χ3v) is 1.50. The molecule has 0 aliphatic carbocycles. The summed E-state index contributed by atoms with van der Waals surface area (Å²) in [7, 11) is 0. The van der Waals surface area contributed by atoms with E-state index in [2.05, 4.69) is 18.2 Å². The van der Waals surface area contributed by atoms with Gasteiger partial charge < -0.3 is 4.74 Å². The molecule has 2 radical (unpaired) electrons. The zero-order valence-corrected chi connectivity index (χ0v) is 6.84. The molecule has 1 rings (SSSR count). The second-order valence-electron chi connectivity index (χ2n) is 2.16. The fourth-order valence-electron chi connectivity index (χ4n) is 0.852. The van der Waals surface area contributed by atoms with Gasteiger partial charge in [0.05, 0.1) is 6.61 Å². The molecule has 11 heavy (non-hydrogen) atoms. The zero-order valence-electron chi connectivity index (χ0n) is 6.09. The Labute approximate surface area is 71.9 Å². The van der Waals surface area contributed by atoms with Crippen LogP contribution in [-0.4, -0.2) is 6.61 Å². The molecule has 0 unspecified atom stereocenters. The van der Waals surface area contributed by atoms with E-state index < -0.39 is 0 Å². The van der Waals surface area contributed by atoms with Gasteiger partial charge in [0.1, 0.15) is 0 Å². The Balaban J connectivity index is 2.28. The van der Waals surface area contributed by atoms with E-state index in [1.54, 1.807) is 0 Å². The van der Waals surface area contributed by atoms with Crippen molar-refractivity contribution >= 4 is 11.6 Å². The van der Waals surface area contributed by atoms with Crippen molar-refractivity contribution in [2.75, 3.05) is 6.61 Å². The van der Waals surface area contributed by atoms with E-state index in [1.165, 1.54) is 5.56 Å². The average molecular weight is 169 g/mol. The van der Waals surface area contributed by atoms with Gasteiger partial charge in [0, 0.05) is 0 Å². The minimum atomic E-state index is 0.591. The molecular formula is C9H9ClO. The summed E-state index contributed by atoms with van der Waals surface area (Å²) in [6, 6.07) is 12.2. The molecule has 0 aromatic heterocycles. The number of hydrogen-bond donors (Lipinski definition) is 0. The van der Waals surface area contributed by atoms with Crippen molar-refractivity contribution in [3.05, 3.63) is 42.0 Å². The normalized spacial score (nSPS) is 9.91. The molecule has 0 spiro atoms. The van der Waals surface area contributed by atoms with E-state index in [1.807, 2.05) is 18.2 Å². The second-order valence-corrected chi connectivity index (χ2v) is 2.32. The molecule has 0 aliphatic heterocycles. The lowest BCUT2D eigenvalue weighted by Gasteiger charge is -1.98. The van der Waals surface area contributed by atoms with Gasteiger partial charge in [0.2, 0.25) is 6.07 Å². The largest absolute Gasteiger partial charge is 0.351 e. The van der Waals surface area contributed by atoms with Crippen LogP contribution in [0.25, 0.3) is 0 Å².